The molecule has 2 aromatic rings. The predicted molar refractivity (Wildman–Crippen MR) is 74.9 cm³/mol. The zero-order valence-electron chi connectivity index (χ0n) is 9.66. The molecule has 88 valence electrons. The van der Waals surface area contributed by atoms with Crippen LogP contribution in [0, 0.1) is 6.92 Å². The molecule has 0 nitrogen and oxygen atoms in total. The van der Waals surface area contributed by atoms with Crippen LogP contribution in [0.3, 0.4) is 0 Å². The van der Waals surface area contributed by atoms with E-state index < -0.39 is 0 Å². The summed E-state index contributed by atoms with van der Waals surface area (Å²) in [4.78, 5) is 0. The molecule has 0 fully saturated rings. The standard InChI is InChI=1S/C15H14Cl2/c1-11-7-8-12(9-14(11)16)10-15(17)13-5-3-2-4-6-13/h2-9,15H,10H2,1H3. The number of benzene rings is 2. The molecule has 0 saturated carbocycles. The summed E-state index contributed by atoms with van der Waals surface area (Å²) in [5.74, 6) is 0. The molecular weight excluding hydrogens is 251 g/mol. The summed E-state index contributed by atoms with van der Waals surface area (Å²) in [6.45, 7) is 2.00. The number of rotatable bonds is 3. The predicted octanol–water partition coefficient (Wildman–Crippen LogP) is 5.17. The van der Waals surface area contributed by atoms with Gasteiger partial charge in [0.2, 0.25) is 0 Å². The molecular formula is C15H14Cl2. The van der Waals surface area contributed by atoms with E-state index >= 15 is 0 Å². The maximum Gasteiger partial charge on any atom is 0.0625 e. The fourth-order valence-corrected chi connectivity index (χ4v) is 2.28. The van der Waals surface area contributed by atoms with Crippen LogP contribution in [0.4, 0.5) is 0 Å². The van der Waals surface area contributed by atoms with Gasteiger partial charge >= 0.3 is 0 Å². The van der Waals surface area contributed by atoms with Crippen LogP contribution in [0.15, 0.2) is 48.5 Å². The van der Waals surface area contributed by atoms with Gasteiger partial charge in [0.05, 0.1) is 5.38 Å². The van der Waals surface area contributed by atoms with Crippen LogP contribution in [-0.2, 0) is 6.42 Å². The lowest BCUT2D eigenvalue weighted by Crippen LogP contribution is -1.96. The van der Waals surface area contributed by atoms with Crippen LogP contribution >= 0.6 is 23.2 Å². The summed E-state index contributed by atoms with van der Waals surface area (Å²) in [6, 6.07) is 16.2. The number of halogens is 2. The summed E-state index contributed by atoms with van der Waals surface area (Å²) < 4.78 is 0. The summed E-state index contributed by atoms with van der Waals surface area (Å²) >= 11 is 12.5. The van der Waals surface area contributed by atoms with Gasteiger partial charge in [-0.2, -0.15) is 0 Å². The van der Waals surface area contributed by atoms with Gasteiger partial charge in [0.25, 0.3) is 0 Å². The number of hydrogen-bond acceptors (Lipinski definition) is 0. The third kappa shape index (κ3) is 3.24. The minimum atomic E-state index is -0.00465. The van der Waals surface area contributed by atoms with E-state index in [1.165, 1.54) is 5.56 Å². The second-order valence-corrected chi connectivity index (χ2v) is 5.10. The molecule has 0 aliphatic rings. The maximum atomic E-state index is 6.39. The van der Waals surface area contributed by atoms with E-state index in [1.807, 2.05) is 49.4 Å². The Balaban J connectivity index is 2.13. The number of aryl methyl sites for hydroxylation is 1. The van der Waals surface area contributed by atoms with Crippen LogP contribution in [-0.4, -0.2) is 0 Å². The van der Waals surface area contributed by atoms with Crippen LogP contribution in [0.2, 0.25) is 5.02 Å². The average molecular weight is 265 g/mol. The van der Waals surface area contributed by atoms with E-state index in [4.69, 9.17) is 23.2 Å². The Morgan fingerprint density at radius 3 is 2.41 bits per heavy atom. The van der Waals surface area contributed by atoms with E-state index in [1.54, 1.807) is 0 Å². The van der Waals surface area contributed by atoms with Crippen molar-refractivity contribution in [1.82, 2.24) is 0 Å². The molecule has 1 atom stereocenters. The third-order valence-corrected chi connectivity index (χ3v) is 3.63. The Morgan fingerprint density at radius 2 is 1.76 bits per heavy atom. The second kappa shape index (κ2) is 5.57. The molecule has 0 aliphatic carbocycles. The van der Waals surface area contributed by atoms with E-state index in [-0.39, 0.29) is 5.38 Å². The maximum absolute atomic E-state index is 6.39. The normalized spacial score (nSPS) is 12.4. The Morgan fingerprint density at radius 1 is 1.06 bits per heavy atom. The fraction of sp³-hybridized carbons (Fsp3) is 0.200. The molecule has 0 amide bonds. The summed E-state index contributed by atoms with van der Waals surface area (Å²) in [5.41, 5.74) is 3.41. The van der Waals surface area contributed by atoms with Gasteiger partial charge in [-0.25, -0.2) is 0 Å². The van der Waals surface area contributed by atoms with Gasteiger partial charge < -0.3 is 0 Å². The van der Waals surface area contributed by atoms with Crippen molar-refractivity contribution in [2.75, 3.05) is 0 Å². The Hall–Kier alpha value is -0.980. The quantitative estimate of drug-likeness (QED) is 0.671. The second-order valence-electron chi connectivity index (χ2n) is 4.17. The lowest BCUT2D eigenvalue weighted by Gasteiger charge is -2.10. The van der Waals surface area contributed by atoms with Crippen LogP contribution < -0.4 is 0 Å². The highest BCUT2D eigenvalue weighted by atomic mass is 35.5. The smallest absolute Gasteiger partial charge is 0.0625 e. The van der Waals surface area contributed by atoms with Crippen molar-refractivity contribution in [1.29, 1.82) is 0 Å². The van der Waals surface area contributed by atoms with E-state index in [2.05, 4.69) is 6.07 Å². The molecule has 2 rings (SSSR count). The Labute approximate surface area is 112 Å². The van der Waals surface area contributed by atoms with Crippen molar-refractivity contribution >= 4 is 23.2 Å². The van der Waals surface area contributed by atoms with E-state index in [0.29, 0.717) is 0 Å². The lowest BCUT2D eigenvalue weighted by molar-refractivity contribution is 0.919. The summed E-state index contributed by atoms with van der Waals surface area (Å²) in [7, 11) is 0. The first-order valence-electron chi connectivity index (χ1n) is 5.61. The topological polar surface area (TPSA) is 0 Å². The zero-order chi connectivity index (χ0) is 12.3. The molecule has 0 saturated heterocycles. The molecule has 0 radical (unpaired) electrons. The Kier molecular flexibility index (Phi) is 4.09. The molecule has 0 spiro atoms. The van der Waals surface area contributed by atoms with Gasteiger partial charge in [-0.05, 0) is 36.1 Å². The molecule has 0 heterocycles. The molecule has 2 heteroatoms. The highest BCUT2D eigenvalue weighted by Gasteiger charge is 2.09. The molecule has 2 aromatic carbocycles. The largest absolute Gasteiger partial charge is 0.117 e. The highest BCUT2D eigenvalue weighted by Crippen LogP contribution is 2.26. The van der Waals surface area contributed by atoms with Gasteiger partial charge in [0.1, 0.15) is 0 Å². The zero-order valence-corrected chi connectivity index (χ0v) is 11.2. The SMILES string of the molecule is Cc1ccc(CC(Cl)c2ccccc2)cc1Cl. The number of alkyl halides is 1. The van der Waals surface area contributed by atoms with Crippen LogP contribution in [0.25, 0.3) is 0 Å². The summed E-state index contributed by atoms with van der Waals surface area (Å²) in [5, 5.41) is 0.800. The number of hydrogen-bond donors (Lipinski definition) is 0. The van der Waals surface area contributed by atoms with Gasteiger partial charge in [0.15, 0.2) is 0 Å². The fourth-order valence-electron chi connectivity index (χ4n) is 1.75. The van der Waals surface area contributed by atoms with Crippen molar-refractivity contribution in [2.45, 2.75) is 18.7 Å². The van der Waals surface area contributed by atoms with E-state index in [9.17, 15) is 0 Å². The van der Waals surface area contributed by atoms with Gasteiger partial charge in [-0.1, -0.05) is 54.1 Å². The first kappa shape index (κ1) is 12.5. The first-order chi connectivity index (χ1) is 8.16. The highest BCUT2D eigenvalue weighted by molar-refractivity contribution is 6.31. The van der Waals surface area contributed by atoms with Gasteiger partial charge in [-0.3, -0.25) is 0 Å². The monoisotopic (exact) mass is 264 g/mol. The Bertz CT molecular complexity index is 492. The van der Waals surface area contributed by atoms with Crippen molar-refractivity contribution < 1.29 is 0 Å². The molecule has 0 N–H and O–H groups in total. The van der Waals surface area contributed by atoms with Crippen molar-refractivity contribution in [2.24, 2.45) is 0 Å². The molecule has 0 aromatic heterocycles. The van der Waals surface area contributed by atoms with Crippen molar-refractivity contribution in [3.63, 3.8) is 0 Å². The lowest BCUT2D eigenvalue weighted by atomic mass is 10.0. The minimum Gasteiger partial charge on any atom is -0.117 e. The molecule has 0 bridgehead atoms. The van der Waals surface area contributed by atoms with Gasteiger partial charge in [0, 0.05) is 5.02 Å². The minimum absolute atomic E-state index is 0.00465. The van der Waals surface area contributed by atoms with Gasteiger partial charge in [-0.15, -0.1) is 11.6 Å². The molecule has 17 heavy (non-hydrogen) atoms. The third-order valence-electron chi connectivity index (χ3n) is 2.81. The summed E-state index contributed by atoms with van der Waals surface area (Å²) in [6.07, 6.45) is 0.797. The van der Waals surface area contributed by atoms with E-state index in [0.717, 1.165) is 22.6 Å². The van der Waals surface area contributed by atoms with Crippen molar-refractivity contribution in [3.8, 4) is 0 Å². The average Bonchev–Trinajstić information content (AvgIpc) is 2.35. The first-order valence-corrected chi connectivity index (χ1v) is 6.42. The molecule has 1 unspecified atom stereocenters. The van der Waals surface area contributed by atoms with Crippen LogP contribution in [0.5, 0.6) is 0 Å². The van der Waals surface area contributed by atoms with Crippen LogP contribution in [0.1, 0.15) is 22.1 Å². The molecule has 0 aliphatic heterocycles. The van der Waals surface area contributed by atoms with Crippen molar-refractivity contribution in [3.05, 3.63) is 70.2 Å².